The molecule has 1 N–H and O–H groups in total. The topological polar surface area (TPSA) is 71.4 Å². The molecule has 0 amide bonds. The number of hydrogen-bond acceptors (Lipinski definition) is 4. The van der Waals surface area contributed by atoms with E-state index in [-0.39, 0.29) is 51.0 Å². The lowest BCUT2D eigenvalue weighted by molar-refractivity contribution is -0.183. The molecule has 41 heavy (non-hydrogen) atoms. The normalized spacial score (nSPS) is 46.2. The second kappa shape index (κ2) is 8.77. The summed E-state index contributed by atoms with van der Waals surface area (Å²) in [6, 6.07) is 4.20. The van der Waals surface area contributed by atoms with E-state index in [1.807, 2.05) is 13.0 Å². The molecular weight excluding hydrogens is 528 g/mol. The van der Waals surface area contributed by atoms with Gasteiger partial charge in [-0.05, 0) is 129 Å². The molecule has 8 atom stereocenters. The second-order valence-electron chi connectivity index (χ2n) is 16.4. The zero-order valence-corrected chi connectivity index (χ0v) is 27.1. The molecule has 5 aliphatic rings. The number of hydrogen-bond donors (Lipinski definition) is 1. The Balaban J connectivity index is 1.47. The van der Waals surface area contributed by atoms with Crippen LogP contribution in [0, 0.1) is 57.2 Å². The molecule has 1 aromatic rings. The summed E-state index contributed by atoms with van der Waals surface area (Å²) >= 11 is 1.71. The quantitative estimate of drug-likeness (QED) is 0.358. The van der Waals surface area contributed by atoms with Gasteiger partial charge in [0.1, 0.15) is 0 Å². The molecule has 4 fully saturated rings. The van der Waals surface area contributed by atoms with E-state index in [2.05, 4.69) is 66.7 Å². The molecule has 0 radical (unpaired) electrons. The van der Waals surface area contributed by atoms with Crippen molar-refractivity contribution in [2.75, 3.05) is 0 Å². The summed E-state index contributed by atoms with van der Waals surface area (Å²) in [6.07, 6.45) is 10.9. The summed E-state index contributed by atoms with van der Waals surface area (Å²) in [5, 5.41) is 10.2. The van der Waals surface area contributed by atoms with Crippen LogP contribution in [-0.2, 0) is 14.4 Å². The third kappa shape index (κ3) is 3.79. The number of carbonyl (C=O) groups excluding carboxylic acids is 2. The van der Waals surface area contributed by atoms with Crippen molar-refractivity contribution in [2.24, 2.45) is 50.2 Å². The van der Waals surface area contributed by atoms with Crippen molar-refractivity contribution < 1.29 is 19.5 Å². The van der Waals surface area contributed by atoms with E-state index in [0.717, 1.165) is 42.6 Å². The van der Waals surface area contributed by atoms with Crippen LogP contribution in [0.2, 0.25) is 0 Å². The van der Waals surface area contributed by atoms with Crippen LogP contribution in [0.5, 0.6) is 0 Å². The predicted octanol–water partition coefficient (Wildman–Crippen LogP) is 8.68. The van der Waals surface area contributed by atoms with Gasteiger partial charge in [0.05, 0.1) is 5.41 Å². The number of carboxylic acid groups (broad SMARTS) is 1. The van der Waals surface area contributed by atoms with Crippen LogP contribution in [-0.4, -0.2) is 22.6 Å². The lowest BCUT2D eigenvalue weighted by atomic mass is 9.33. The van der Waals surface area contributed by atoms with Crippen molar-refractivity contribution in [3.8, 4) is 0 Å². The first kappa shape index (κ1) is 29.1. The van der Waals surface area contributed by atoms with Gasteiger partial charge in [0.15, 0.2) is 11.6 Å². The zero-order valence-electron chi connectivity index (χ0n) is 26.3. The fourth-order valence-electron chi connectivity index (χ4n) is 11.1. The van der Waals surface area contributed by atoms with Gasteiger partial charge in [-0.2, -0.15) is 0 Å². The maximum atomic E-state index is 14.6. The molecule has 0 unspecified atom stereocenters. The van der Waals surface area contributed by atoms with Gasteiger partial charge in [-0.25, -0.2) is 0 Å². The molecular formula is C36H48O4S. The molecule has 0 bridgehead atoms. The highest BCUT2D eigenvalue weighted by Crippen LogP contribution is 2.75. The highest BCUT2D eigenvalue weighted by atomic mass is 32.1. The molecule has 0 saturated heterocycles. The Morgan fingerprint density at radius 2 is 1.66 bits per heavy atom. The molecule has 4 saturated carbocycles. The van der Waals surface area contributed by atoms with E-state index in [1.54, 1.807) is 11.3 Å². The van der Waals surface area contributed by atoms with Crippen LogP contribution < -0.4 is 0 Å². The van der Waals surface area contributed by atoms with Crippen molar-refractivity contribution in [1.82, 2.24) is 0 Å². The van der Waals surface area contributed by atoms with Crippen LogP contribution in [0.25, 0.3) is 6.08 Å². The van der Waals surface area contributed by atoms with Gasteiger partial charge in [0.2, 0.25) is 0 Å². The molecule has 0 aromatic carbocycles. The molecule has 0 spiro atoms. The van der Waals surface area contributed by atoms with Crippen LogP contribution >= 0.6 is 11.3 Å². The van der Waals surface area contributed by atoms with E-state index in [4.69, 9.17) is 0 Å². The van der Waals surface area contributed by atoms with Crippen molar-refractivity contribution in [3.05, 3.63) is 39.1 Å². The Bertz CT molecular complexity index is 1410. The van der Waals surface area contributed by atoms with E-state index >= 15 is 0 Å². The Morgan fingerprint density at radius 3 is 2.29 bits per heavy atom. The van der Waals surface area contributed by atoms with Crippen LogP contribution in [0.4, 0.5) is 0 Å². The maximum absolute atomic E-state index is 14.6. The first-order valence-electron chi connectivity index (χ1n) is 15.7. The molecule has 4 nitrogen and oxygen atoms in total. The average Bonchev–Trinajstić information content (AvgIpc) is 3.29. The van der Waals surface area contributed by atoms with Gasteiger partial charge in [-0.3, -0.25) is 14.4 Å². The monoisotopic (exact) mass is 576 g/mol. The summed E-state index contributed by atoms with van der Waals surface area (Å²) in [5.41, 5.74) is 0.136. The third-order valence-electron chi connectivity index (χ3n) is 13.8. The van der Waals surface area contributed by atoms with Crippen LogP contribution in [0.15, 0.2) is 29.4 Å². The van der Waals surface area contributed by atoms with Gasteiger partial charge in [0, 0.05) is 21.1 Å². The van der Waals surface area contributed by atoms with Gasteiger partial charge < -0.3 is 5.11 Å². The fraction of sp³-hybridized carbons (Fsp3) is 0.694. The standard InChI is InChI=1S/C36H48O4S/c1-21-9-10-23(41-21)17-22-19-34(6)27(31(2,3)29(22)38)11-12-36(8)28(34)26(37)18-24-25-20-33(5,30(39)40)14-13-32(25,4)15-16-35(24,36)7/h9-10,17-18,25,27-28H,11-16,19-20H2,1-8H3,(H,39,40)/b22-17+/t25-,27-,28+,32+,33-,34-,35+,36+/m0/s1. The molecule has 5 heteroatoms. The van der Waals surface area contributed by atoms with Gasteiger partial charge >= 0.3 is 5.97 Å². The number of carbonyl (C=O) groups is 3. The molecule has 6 rings (SSSR count). The molecule has 1 heterocycles. The van der Waals surface area contributed by atoms with Crippen molar-refractivity contribution >= 4 is 34.9 Å². The molecule has 222 valence electrons. The van der Waals surface area contributed by atoms with E-state index in [0.29, 0.717) is 19.3 Å². The van der Waals surface area contributed by atoms with E-state index in [9.17, 15) is 19.5 Å². The number of fused-ring (bicyclic) bond motifs is 7. The first-order chi connectivity index (χ1) is 18.9. The third-order valence-corrected chi connectivity index (χ3v) is 14.7. The fourth-order valence-corrected chi connectivity index (χ4v) is 11.9. The Morgan fingerprint density at radius 1 is 0.976 bits per heavy atom. The Hall–Kier alpha value is -2.01. The summed E-state index contributed by atoms with van der Waals surface area (Å²) < 4.78 is 0. The largest absolute Gasteiger partial charge is 0.481 e. The van der Waals surface area contributed by atoms with E-state index in [1.165, 1.54) is 10.5 Å². The molecule has 5 aliphatic carbocycles. The van der Waals surface area contributed by atoms with Gasteiger partial charge in [-0.1, -0.05) is 47.1 Å². The maximum Gasteiger partial charge on any atom is 0.309 e. The number of thiophene rings is 1. The first-order valence-corrected chi connectivity index (χ1v) is 16.5. The highest BCUT2D eigenvalue weighted by molar-refractivity contribution is 7.12. The minimum Gasteiger partial charge on any atom is -0.481 e. The lowest BCUT2D eigenvalue weighted by Gasteiger charge is -2.70. The van der Waals surface area contributed by atoms with Crippen molar-refractivity contribution in [1.29, 1.82) is 0 Å². The number of carboxylic acids is 1. The zero-order chi connectivity index (χ0) is 30.0. The van der Waals surface area contributed by atoms with Gasteiger partial charge in [0.25, 0.3) is 0 Å². The summed E-state index contributed by atoms with van der Waals surface area (Å²) in [7, 11) is 0. The van der Waals surface area contributed by atoms with Gasteiger partial charge in [-0.15, -0.1) is 11.3 Å². The smallest absolute Gasteiger partial charge is 0.309 e. The number of rotatable bonds is 2. The number of Topliss-reactive ketones (excluding diaryl/α,β-unsaturated/α-hetero) is 1. The van der Waals surface area contributed by atoms with Crippen molar-refractivity contribution in [3.63, 3.8) is 0 Å². The lowest BCUT2D eigenvalue weighted by Crippen LogP contribution is -2.66. The highest BCUT2D eigenvalue weighted by Gasteiger charge is 2.70. The van der Waals surface area contributed by atoms with E-state index < -0.39 is 16.8 Å². The number of ketones is 2. The number of aryl methyl sites for hydroxylation is 1. The van der Waals surface area contributed by atoms with Crippen LogP contribution in [0.1, 0.15) is 110 Å². The molecule has 0 aliphatic heterocycles. The SMILES string of the molecule is Cc1ccc(/C=C2\C[C@]3(C)[C@H]4C(=O)C=C5[C@@H]6C[C@@](C)(C(=O)O)CC[C@]6(C)CC[C@@]5(C)[C@]4(C)CC[C@H]3C(C)(C)C2=O)s1. The average molecular weight is 577 g/mol. The second-order valence-corrected chi connectivity index (χ2v) is 17.7. The predicted molar refractivity (Wildman–Crippen MR) is 164 cm³/mol. The van der Waals surface area contributed by atoms with Crippen LogP contribution in [0.3, 0.4) is 0 Å². The number of aliphatic carboxylic acids is 1. The summed E-state index contributed by atoms with van der Waals surface area (Å²) in [6.45, 7) is 17.7. The summed E-state index contributed by atoms with van der Waals surface area (Å²) in [5.74, 6) is -0.156. The Labute approximate surface area is 250 Å². The summed E-state index contributed by atoms with van der Waals surface area (Å²) in [4.78, 5) is 43.3. The minimum absolute atomic E-state index is 0.0406. The minimum atomic E-state index is -0.749. The Kier molecular flexibility index (Phi) is 6.22. The van der Waals surface area contributed by atoms with Crippen molar-refractivity contribution in [2.45, 2.75) is 107 Å². The molecule has 1 aromatic heterocycles. The number of allylic oxidation sites excluding steroid dienone is 3.